The van der Waals surface area contributed by atoms with Gasteiger partial charge in [0.2, 0.25) is 0 Å². The number of methoxy groups -OCH3 is 1. The predicted molar refractivity (Wildman–Crippen MR) is 59.8 cm³/mol. The molecule has 0 atom stereocenters. The second-order valence-corrected chi connectivity index (χ2v) is 3.40. The highest BCUT2D eigenvalue weighted by molar-refractivity contribution is 5.26. The molecule has 0 amide bonds. The first-order valence-corrected chi connectivity index (χ1v) is 5.13. The lowest BCUT2D eigenvalue weighted by Crippen LogP contribution is -1.96. The van der Waals surface area contributed by atoms with E-state index in [1.54, 1.807) is 7.11 Å². The fourth-order valence-corrected chi connectivity index (χ4v) is 1.29. The molecule has 2 rings (SSSR count). The van der Waals surface area contributed by atoms with Crippen molar-refractivity contribution in [2.45, 2.75) is 13.2 Å². The van der Waals surface area contributed by atoms with Gasteiger partial charge in [0.15, 0.2) is 0 Å². The monoisotopic (exact) mass is 235 g/mol. The summed E-state index contributed by atoms with van der Waals surface area (Å²) in [6.07, 6.45) is 1.52. The van der Waals surface area contributed by atoms with Crippen molar-refractivity contribution in [3.63, 3.8) is 0 Å². The van der Waals surface area contributed by atoms with E-state index in [1.807, 2.05) is 24.3 Å². The number of rotatable bonds is 5. The Balaban J connectivity index is 1.92. The highest BCUT2D eigenvalue weighted by Gasteiger charge is 2.04. The predicted octanol–water partition coefficient (Wildman–Crippen LogP) is 1.75. The van der Waals surface area contributed by atoms with E-state index in [0.717, 1.165) is 11.3 Å². The maximum absolute atomic E-state index is 8.80. The third kappa shape index (κ3) is 2.98. The summed E-state index contributed by atoms with van der Waals surface area (Å²) in [5, 5.41) is 8.80. The summed E-state index contributed by atoms with van der Waals surface area (Å²) in [5.41, 5.74) is 1.43. The molecule has 2 aromatic rings. The normalized spacial score (nSPS) is 10.2. The Morgan fingerprint density at radius 3 is 2.65 bits per heavy atom. The van der Waals surface area contributed by atoms with Gasteiger partial charge in [0.05, 0.1) is 13.7 Å². The highest BCUT2D eigenvalue weighted by Crippen LogP contribution is 2.15. The van der Waals surface area contributed by atoms with Crippen molar-refractivity contribution >= 4 is 0 Å². The van der Waals surface area contributed by atoms with Crippen molar-refractivity contribution in [2.24, 2.45) is 0 Å². The van der Waals surface area contributed by atoms with Gasteiger partial charge in [-0.15, -0.1) is 0 Å². The Morgan fingerprint density at radius 1 is 1.29 bits per heavy atom. The Kier molecular flexibility index (Phi) is 3.62. The molecule has 0 aliphatic carbocycles. The fraction of sp³-hybridized carbons (Fsp3) is 0.250. The van der Waals surface area contributed by atoms with Crippen LogP contribution in [-0.4, -0.2) is 17.2 Å². The standard InChI is InChI=1S/C12H13NO4/c1-15-11-4-2-9(3-5-11)7-16-12-13-10(6-14)8-17-12/h2-5,8,14H,6-7H2,1H3. The first kappa shape index (κ1) is 11.5. The summed E-state index contributed by atoms with van der Waals surface area (Å²) < 4.78 is 15.4. The van der Waals surface area contributed by atoms with Gasteiger partial charge >= 0.3 is 6.08 Å². The number of hydrogen-bond donors (Lipinski definition) is 1. The molecule has 1 aromatic heterocycles. The maximum atomic E-state index is 8.80. The van der Waals surface area contributed by atoms with Crippen molar-refractivity contribution in [1.29, 1.82) is 0 Å². The molecule has 0 spiro atoms. The lowest BCUT2D eigenvalue weighted by atomic mass is 10.2. The summed E-state index contributed by atoms with van der Waals surface area (Å²) in [4.78, 5) is 3.91. The first-order valence-electron chi connectivity index (χ1n) is 5.13. The third-order valence-corrected chi connectivity index (χ3v) is 2.21. The number of nitrogens with zero attached hydrogens (tertiary/aromatic N) is 1. The third-order valence-electron chi connectivity index (χ3n) is 2.21. The first-order chi connectivity index (χ1) is 8.31. The molecule has 1 aromatic carbocycles. The average molecular weight is 235 g/mol. The lowest BCUT2D eigenvalue weighted by molar-refractivity contribution is 0.219. The van der Waals surface area contributed by atoms with Crippen molar-refractivity contribution < 1.29 is 19.0 Å². The quantitative estimate of drug-likeness (QED) is 0.855. The molecule has 0 saturated heterocycles. The molecule has 90 valence electrons. The van der Waals surface area contributed by atoms with Gasteiger partial charge in [0, 0.05) is 0 Å². The maximum Gasteiger partial charge on any atom is 0.394 e. The van der Waals surface area contributed by atoms with Crippen molar-refractivity contribution in [1.82, 2.24) is 4.98 Å². The molecular weight excluding hydrogens is 222 g/mol. The van der Waals surface area contributed by atoms with E-state index < -0.39 is 0 Å². The minimum Gasteiger partial charge on any atom is -0.497 e. The zero-order valence-electron chi connectivity index (χ0n) is 9.42. The van der Waals surface area contributed by atoms with Crippen LogP contribution < -0.4 is 9.47 Å². The largest absolute Gasteiger partial charge is 0.497 e. The molecule has 0 radical (unpaired) electrons. The Labute approximate surface area is 98.6 Å². The molecule has 0 bridgehead atoms. The van der Waals surface area contributed by atoms with Crippen LogP contribution in [0.25, 0.3) is 0 Å². The minimum atomic E-state index is -0.157. The van der Waals surface area contributed by atoms with Gasteiger partial charge in [-0.1, -0.05) is 12.1 Å². The van der Waals surface area contributed by atoms with Crippen LogP contribution in [-0.2, 0) is 13.2 Å². The van der Waals surface area contributed by atoms with E-state index >= 15 is 0 Å². The van der Waals surface area contributed by atoms with Gasteiger partial charge in [0.25, 0.3) is 0 Å². The number of aromatic nitrogens is 1. The Hall–Kier alpha value is -2.01. The Morgan fingerprint density at radius 2 is 2.06 bits per heavy atom. The number of oxazole rings is 1. The van der Waals surface area contributed by atoms with Crippen molar-refractivity contribution in [3.8, 4) is 11.8 Å². The van der Waals surface area contributed by atoms with E-state index in [9.17, 15) is 0 Å². The van der Waals surface area contributed by atoms with Crippen LogP contribution in [0.15, 0.2) is 34.9 Å². The van der Waals surface area contributed by atoms with Crippen LogP contribution in [0.5, 0.6) is 11.8 Å². The van der Waals surface area contributed by atoms with Gasteiger partial charge in [-0.2, -0.15) is 4.98 Å². The summed E-state index contributed by atoms with van der Waals surface area (Å²) in [6.45, 7) is 0.199. The van der Waals surface area contributed by atoms with Gasteiger partial charge in [-0.3, -0.25) is 0 Å². The van der Waals surface area contributed by atoms with Crippen LogP contribution in [0.2, 0.25) is 0 Å². The molecule has 5 nitrogen and oxygen atoms in total. The smallest absolute Gasteiger partial charge is 0.394 e. The summed E-state index contributed by atoms with van der Waals surface area (Å²) >= 11 is 0. The van der Waals surface area contributed by atoms with E-state index in [1.165, 1.54) is 6.26 Å². The number of aliphatic hydroxyl groups excluding tert-OH is 1. The number of ether oxygens (including phenoxy) is 2. The number of aliphatic hydroxyl groups is 1. The van der Waals surface area contributed by atoms with Gasteiger partial charge < -0.3 is 19.0 Å². The molecule has 5 heteroatoms. The van der Waals surface area contributed by atoms with Crippen molar-refractivity contribution in [3.05, 3.63) is 41.8 Å². The highest BCUT2D eigenvalue weighted by atomic mass is 16.6. The molecule has 0 aliphatic heterocycles. The van der Waals surface area contributed by atoms with Crippen LogP contribution in [0.1, 0.15) is 11.3 Å². The number of hydrogen-bond acceptors (Lipinski definition) is 5. The molecule has 1 heterocycles. The summed E-state index contributed by atoms with van der Waals surface area (Å²) in [5.74, 6) is 0.799. The minimum absolute atomic E-state index is 0.157. The van der Waals surface area contributed by atoms with Gasteiger partial charge in [0.1, 0.15) is 24.3 Å². The van der Waals surface area contributed by atoms with E-state index in [2.05, 4.69) is 4.98 Å². The second kappa shape index (κ2) is 5.36. The average Bonchev–Trinajstić information content (AvgIpc) is 2.85. The molecule has 0 aliphatic rings. The molecule has 17 heavy (non-hydrogen) atoms. The van der Waals surface area contributed by atoms with Crippen molar-refractivity contribution in [2.75, 3.05) is 7.11 Å². The van der Waals surface area contributed by atoms with Crippen LogP contribution in [0, 0.1) is 0 Å². The topological polar surface area (TPSA) is 64.7 Å². The zero-order valence-corrected chi connectivity index (χ0v) is 9.42. The zero-order chi connectivity index (χ0) is 12.1. The second-order valence-electron chi connectivity index (χ2n) is 3.40. The SMILES string of the molecule is COc1ccc(COc2nc(CO)co2)cc1. The molecular formula is C12H13NO4. The molecule has 0 fully saturated rings. The van der Waals surface area contributed by atoms with Crippen LogP contribution in [0.3, 0.4) is 0 Å². The van der Waals surface area contributed by atoms with Gasteiger partial charge in [-0.05, 0) is 17.7 Å². The van der Waals surface area contributed by atoms with E-state index in [0.29, 0.717) is 12.3 Å². The van der Waals surface area contributed by atoms with E-state index in [4.69, 9.17) is 19.0 Å². The molecule has 0 unspecified atom stereocenters. The molecule has 1 N–H and O–H groups in total. The Bertz CT molecular complexity index is 464. The van der Waals surface area contributed by atoms with E-state index in [-0.39, 0.29) is 12.7 Å². The fourth-order valence-electron chi connectivity index (χ4n) is 1.29. The van der Waals surface area contributed by atoms with Crippen LogP contribution >= 0.6 is 0 Å². The van der Waals surface area contributed by atoms with Crippen LogP contribution in [0.4, 0.5) is 0 Å². The summed E-state index contributed by atoms with van der Waals surface area (Å²) in [6, 6.07) is 7.50. The molecule has 0 saturated carbocycles. The lowest BCUT2D eigenvalue weighted by Gasteiger charge is -2.03. The van der Waals surface area contributed by atoms with Gasteiger partial charge in [-0.25, -0.2) is 0 Å². The summed E-state index contributed by atoms with van der Waals surface area (Å²) in [7, 11) is 1.62. The number of benzene rings is 1.